The van der Waals surface area contributed by atoms with Crippen molar-refractivity contribution in [2.24, 2.45) is 0 Å². The van der Waals surface area contributed by atoms with Crippen LogP contribution in [-0.4, -0.2) is 24.5 Å². The number of urea groups is 1. The highest BCUT2D eigenvalue weighted by Crippen LogP contribution is 2.36. The number of aryl methyl sites for hydroxylation is 2. The zero-order chi connectivity index (χ0) is 20.1. The van der Waals surface area contributed by atoms with Crippen molar-refractivity contribution in [2.75, 3.05) is 5.32 Å². The monoisotopic (exact) mass is 405 g/mol. The third-order valence-corrected chi connectivity index (χ3v) is 6.46. The van der Waals surface area contributed by atoms with Crippen LogP contribution in [0.3, 0.4) is 0 Å². The summed E-state index contributed by atoms with van der Waals surface area (Å²) in [5.41, 5.74) is 3.78. The number of nitrogens with one attached hydrogen (secondary N) is 2. The fourth-order valence-corrected chi connectivity index (χ4v) is 4.68. The quantitative estimate of drug-likeness (QED) is 0.718. The predicted molar refractivity (Wildman–Crippen MR) is 102 cm³/mol. The maximum Gasteiger partial charge on any atom is 0.333 e. The maximum absolute atomic E-state index is 12.5. The van der Waals surface area contributed by atoms with Crippen molar-refractivity contribution in [2.45, 2.75) is 63.1 Å². The number of aliphatic hydroxyl groups is 1. The van der Waals surface area contributed by atoms with Crippen molar-refractivity contribution in [1.82, 2.24) is 9.71 Å². The van der Waals surface area contributed by atoms with Crippen LogP contribution in [0.25, 0.3) is 0 Å². The van der Waals surface area contributed by atoms with E-state index in [1.807, 2.05) is 4.72 Å². The van der Waals surface area contributed by atoms with E-state index in [2.05, 4.69) is 5.32 Å². The van der Waals surface area contributed by atoms with Gasteiger partial charge >= 0.3 is 6.03 Å². The van der Waals surface area contributed by atoms with Gasteiger partial charge in [0.25, 0.3) is 10.0 Å². The molecule has 2 aliphatic rings. The molecule has 0 bridgehead atoms. The number of amides is 2. The molecule has 0 saturated carbocycles. The largest absolute Gasteiger partial charge is 0.451 e. The average Bonchev–Trinajstić information content (AvgIpc) is 3.33. The Labute approximate surface area is 163 Å². The van der Waals surface area contributed by atoms with Crippen LogP contribution >= 0.6 is 0 Å². The van der Waals surface area contributed by atoms with Crippen LogP contribution in [0.5, 0.6) is 0 Å². The van der Waals surface area contributed by atoms with Gasteiger partial charge in [0.15, 0.2) is 0 Å². The van der Waals surface area contributed by atoms with Crippen molar-refractivity contribution in [3.05, 3.63) is 40.4 Å². The predicted octanol–water partition coefficient (Wildman–Crippen LogP) is 2.39. The van der Waals surface area contributed by atoms with Gasteiger partial charge in [-0.2, -0.15) is 8.42 Å². The van der Waals surface area contributed by atoms with Crippen LogP contribution in [0, 0.1) is 0 Å². The molecular weight excluding hydrogens is 382 g/mol. The Morgan fingerprint density at radius 3 is 2.29 bits per heavy atom. The van der Waals surface area contributed by atoms with E-state index in [1.54, 1.807) is 0 Å². The van der Waals surface area contributed by atoms with Crippen LogP contribution in [-0.2, 0) is 41.3 Å². The summed E-state index contributed by atoms with van der Waals surface area (Å²) in [5, 5.41) is 12.3. The fourth-order valence-electron chi connectivity index (χ4n) is 3.83. The molecular formula is C19H23N3O5S. The van der Waals surface area contributed by atoms with Gasteiger partial charge in [0.05, 0.1) is 17.6 Å². The second-order valence-electron chi connectivity index (χ2n) is 7.82. The number of sulfonamides is 1. The minimum Gasteiger partial charge on any atom is -0.451 e. The number of furan rings is 1. The van der Waals surface area contributed by atoms with Crippen molar-refractivity contribution < 1.29 is 22.7 Å². The van der Waals surface area contributed by atoms with Crippen LogP contribution in [0.2, 0.25) is 0 Å². The molecule has 0 aromatic carbocycles. The molecule has 2 heterocycles. The first-order valence-corrected chi connectivity index (χ1v) is 10.8. The minimum atomic E-state index is -4.20. The molecule has 0 aliphatic heterocycles. The molecule has 0 unspecified atom stereocenters. The van der Waals surface area contributed by atoms with Gasteiger partial charge in [-0.1, -0.05) is 0 Å². The van der Waals surface area contributed by atoms with E-state index in [0.29, 0.717) is 11.3 Å². The van der Waals surface area contributed by atoms with E-state index in [9.17, 15) is 18.3 Å². The lowest BCUT2D eigenvalue weighted by atomic mass is 10.0. The molecule has 150 valence electrons. The highest BCUT2D eigenvalue weighted by atomic mass is 32.2. The van der Waals surface area contributed by atoms with Crippen molar-refractivity contribution in [3.8, 4) is 0 Å². The van der Waals surface area contributed by atoms with Gasteiger partial charge in [-0.15, -0.1) is 0 Å². The van der Waals surface area contributed by atoms with Crippen LogP contribution in [0.1, 0.15) is 54.8 Å². The standard InChI is InChI=1S/C19H23N3O5S/c1-19(2,24)11-9-16(27-10-11)28(25,26)22-18(23)21-17-12-5-3-7-14(12)20-15-8-4-6-13(15)17/h9-10,24H,3-8H2,1-2H3,(H2,20,21,22,23). The van der Waals surface area contributed by atoms with Crippen molar-refractivity contribution >= 4 is 21.7 Å². The molecule has 8 nitrogen and oxygen atoms in total. The van der Waals surface area contributed by atoms with Gasteiger partial charge in [-0.25, -0.2) is 9.52 Å². The zero-order valence-corrected chi connectivity index (χ0v) is 16.6. The zero-order valence-electron chi connectivity index (χ0n) is 15.8. The third kappa shape index (κ3) is 3.40. The maximum atomic E-state index is 12.5. The van der Waals surface area contributed by atoms with Gasteiger partial charge in [0.1, 0.15) is 0 Å². The smallest absolute Gasteiger partial charge is 0.333 e. The number of nitrogens with zero attached hydrogens (tertiary/aromatic N) is 1. The summed E-state index contributed by atoms with van der Waals surface area (Å²) in [5.74, 6) is 0. The van der Waals surface area contributed by atoms with Crippen molar-refractivity contribution in [3.63, 3.8) is 0 Å². The van der Waals surface area contributed by atoms with E-state index in [4.69, 9.17) is 9.40 Å². The summed E-state index contributed by atoms with van der Waals surface area (Å²) in [6, 6.07) is 0.368. The number of aromatic nitrogens is 1. The number of rotatable bonds is 4. The topological polar surface area (TPSA) is 122 Å². The summed E-state index contributed by atoms with van der Waals surface area (Å²) in [7, 11) is -4.20. The Bertz CT molecular complexity index is 1020. The van der Waals surface area contributed by atoms with Crippen LogP contribution in [0.15, 0.2) is 21.8 Å². The Morgan fingerprint density at radius 2 is 1.75 bits per heavy atom. The molecule has 2 aliphatic carbocycles. The van der Waals surface area contributed by atoms with Gasteiger partial charge in [-0.05, 0) is 63.5 Å². The number of anilines is 1. The average molecular weight is 405 g/mol. The second-order valence-corrected chi connectivity index (χ2v) is 9.43. The molecule has 4 rings (SSSR count). The van der Waals surface area contributed by atoms with Gasteiger partial charge in [-0.3, -0.25) is 4.98 Å². The molecule has 0 saturated heterocycles. The number of fused-ring (bicyclic) bond motifs is 2. The SMILES string of the molecule is CC(C)(O)c1coc(S(=O)(=O)NC(=O)Nc2c3c(nc4c2CCC4)CCC3)c1. The summed E-state index contributed by atoms with van der Waals surface area (Å²) >= 11 is 0. The molecule has 0 fully saturated rings. The second kappa shape index (κ2) is 6.59. The van der Waals surface area contributed by atoms with Gasteiger partial charge in [0, 0.05) is 23.0 Å². The number of pyridine rings is 1. The first-order chi connectivity index (χ1) is 13.1. The van der Waals surface area contributed by atoms with E-state index < -0.39 is 26.7 Å². The molecule has 2 aromatic heterocycles. The van der Waals surface area contributed by atoms with E-state index in [0.717, 1.165) is 67.3 Å². The van der Waals surface area contributed by atoms with Crippen molar-refractivity contribution in [1.29, 1.82) is 0 Å². The van der Waals surface area contributed by atoms with E-state index in [-0.39, 0.29) is 0 Å². The normalized spacial score (nSPS) is 16.0. The van der Waals surface area contributed by atoms with Crippen LogP contribution in [0.4, 0.5) is 10.5 Å². The highest BCUT2D eigenvalue weighted by Gasteiger charge is 2.29. The fraction of sp³-hybridized carbons (Fsp3) is 0.474. The Hall–Kier alpha value is -2.39. The summed E-state index contributed by atoms with van der Waals surface area (Å²) in [6.45, 7) is 3.03. The molecule has 9 heteroatoms. The highest BCUT2D eigenvalue weighted by molar-refractivity contribution is 7.89. The minimum absolute atomic E-state index is 0.304. The summed E-state index contributed by atoms with van der Waals surface area (Å²) in [4.78, 5) is 17.2. The van der Waals surface area contributed by atoms with E-state index >= 15 is 0 Å². The first kappa shape index (κ1) is 18.9. The molecule has 0 atom stereocenters. The molecule has 3 N–H and O–H groups in total. The number of hydrogen-bond acceptors (Lipinski definition) is 6. The lowest BCUT2D eigenvalue weighted by Gasteiger charge is -2.15. The summed E-state index contributed by atoms with van der Waals surface area (Å²) < 4.78 is 32.0. The number of hydrogen-bond donors (Lipinski definition) is 3. The Kier molecular flexibility index (Phi) is 4.46. The molecule has 0 spiro atoms. The lowest BCUT2D eigenvalue weighted by molar-refractivity contribution is 0.0779. The Balaban J connectivity index is 1.56. The molecule has 28 heavy (non-hydrogen) atoms. The molecule has 2 amide bonds. The Morgan fingerprint density at radius 1 is 1.14 bits per heavy atom. The van der Waals surface area contributed by atoms with Crippen LogP contribution < -0.4 is 10.0 Å². The van der Waals surface area contributed by atoms with Gasteiger partial charge in [0.2, 0.25) is 5.09 Å². The first-order valence-electron chi connectivity index (χ1n) is 9.34. The number of carbonyl (C=O) groups is 1. The molecule has 0 radical (unpaired) electrons. The van der Waals surface area contributed by atoms with Gasteiger partial charge < -0.3 is 14.8 Å². The lowest BCUT2D eigenvalue weighted by Crippen LogP contribution is -2.34. The number of carbonyl (C=O) groups excluding carboxylic acids is 1. The molecule has 2 aromatic rings. The third-order valence-electron chi connectivity index (χ3n) is 5.26. The van der Waals surface area contributed by atoms with E-state index in [1.165, 1.54) is 19.9 Å². The summed E-state index contributed by atoms with van der Waals surface area (Å²) in [6.07, 6.45) is 6.52.